The van der Waals surface area contributed by atoms with Gasteiger partial charge in [0.1, 0.15) is 11.5 Å². The summed E-state index contributed by atoms with van der Waals surface area (Å²) in [7, 11) is 0. The third kappa shape index (κ3) is 4.00. The molecule has 0 amide bonds. The first kappa shape index (κ1) is 17.0. The quantitative estimate of drug-likeness (QED) is 0.776. The molecule has 0 aliphatic heterocycles. The maximum Gasteiger partial charge on any atom is 0.328 e. The van der Waals surface area contributed by atoms with Crippen LogP contribution in [0.15, 0.2) is 58.3 Å². The molecule has 0 saturated heterocycles. The van der Waals surface area contributed by atoms with Gasteiger partial charge in [-0.15, -0.1) is 0 Å². The number of aryl methyl sites for hydroxylation is 2. The van der Waals surface area contributed by atoms with Crippen LogP contribution in [0, 0.1) is 13.8 Å². The van der Waals surface area contributed by atoms with Gasteiger partial charge < -0.3 is 4.74 Å². The SMILES string of the molecule is Cc1ccc(Oc2ccc(Cn3ccc(=O)[nH]c3=O)cc2Cl)cc1C. The van der Waals surface area contributed by atoms with E-state index in [-0.39, 0.29) is 0 Å². The Labute approximate surface area is 149 Å². The van der Waals surface area contributed by atoms with Crippen LogP contribution in [0.5, 0.6) is 11.5 Å². The number of benzene rings is 2. The van der Waals surface area contributed by atoms with Gasteiger partial charge in [-0.25, -0.2) is 4.79 Å². The van der Waals surface area contributed by atoms with E-state index in [2.05, 4.69) is 4.98 Å². The van der Waals surface area contributed by atoms with Crippen molar-refractivity contribution in [2.24, 2.45) is 0 Å². The van der Waals surface area contributed by atoms with Crippen LogP contribution < -0.4 is 16.0 Å². The maximum absolute atomic E-state index is 11.7. The molecule has 2 aromatic carbocycles. The van der Waals surface area contributed by atoms with Crippen LogP contribution in [0.25, 0.3) is 0 Å². The van der Waals surface area contributed by atoms with Gasteiger partial charge >= 0.3 is 5.69 Å². The highest BCUT2D eigenvalue weighted by Crippen LogP contribution is 2.31. The van der Waals surface area contributed by atoms with Gasteiger partial charge in [0.05, 0.1) is 11.6 Å². The number of aromatic nitrogens is 2. The molecule has 1 N–H and O–H groups in total. The van der Waals surface area contributed by atoms with Crippen molar-refractivity contribution in [3.8, 4) is 11.5 Å². The van der Waals surface area contributed by atoms with Crippen LogP contribution in [0.3, 0.4) is 0 Å². The highest BCUT2D eigenvalue weighted by Gasteiger charge is 2.07. The molecule has 1 aromatic heterocycles. The van der Waals surface area contributed by atoms with Gasteiger partial charge in [-0.2, -0.15) is 0 Å². The molecule has 0 spiro atoms. The molecule has 3 aromatic rings. The zero-order valence-corrected chi connectivity index (χ0v) is 14.6. The van der Waals surface area contributed by atoms with E-state index in [1.807, 2.05) is 38.1 Å². The van der Waals surface area contributed by atoms with Crippen LogP contribution in [-0.2, 0) is 6.54 Å². The molecule has 0 atom stereocenters. The minimum absolute atomic E-state index is 0.305. The minimum Gasteiger partial charge on any atom is -0.456 e. The molecule has 5 nitrogen and oxygen atoms in total. The first-order valence-electron chi connectivity index (χ1n) is 7.76. The molecule has 6 heteroatoms. The topological polar surface area (TPSA) is 64.1 Å². The van der Waals surface area contributed by atoms with Gasteiger partial charge in [-0.05, 0) is 54.8 Å². The van der Waals surface area contributed by atoms with E-state index in [0.717, 1.165) is 16.9 Å². The second kappa shape index (κ2) is 6.99. The molecule has 0 fully saturated rings. The smallest absolute Gasteiger partial charge is 0.328 e. The Bertz CT molecular complexity index is 1040. The van der Waals surface area contributed by atoms with E-state index in [0.29, 0.717) is 17.3 Å². The van der Waals surface area contributed by atoms with Crippen molar-refractivity contribution in [1.29, 1.82) is 0 Å². The summed E-state index contributed by atoms with van der Waals surface area (Å²) in [6.45, 7) is 4.37. The molecule has 1 heterocycles. The Morgan fingerprint density at radius 1 is 1.04 bits per heavy atom. The van der Waals surface area contributed by atoms with Crippen molar-refractivity contribution in [2.45, 2.75) is 20.4 Å². The van der Waals surface area contributed by atoms with Crippen molar-refractivity contribution in [2.75, 3.05) is 0 Å². The molecular formula is C19H17ClN2O3. The number of H-pyrrole nitrogens is 1. The number of hydrogen-bond donors (Lipinski definition) is 1. The lowest BCUT2D eigenvalue weighted by atomic mass is 10.1. The summed E-state index contributed by atoms with van der Waals surface area (Å²) < 4.78 is 7.24. The summed E-state index contributed by atoms with van der Waals surface area (Å²) in [4.78, 5) is 25.1. The van der Waals surface area contributed by atoms with Crippen molar-refractivity contribution in [1.82, 2.24) is 9.55 Å². The van der Waals surface area contributed by atoms with Gasteiger partial charge in [0.25, 0.3) is 5.56 Å². The summed E-state index contributed by atoms with van der Waals surface area (Å²) >= 11 is 6.31. The number of nitrogens with one attached hydrogen (secondary N) is 1. The summed E-state index contributed by atoms with van der Waals surface area (Å²) in [5, 5.41) is 0.452. The minimum atomic E-state index is -0.459. The Balaban J connectivity index is 1.81. The second-order valence-electron chi connectivity index (χ2n) is 5.85. The number of rotatable bonds is 4. The zero-order valence-electron chi connectivity index (χ0n) is 13.9. The number of nitrogens with zero attached hydrogens (tertiary/aromatic N) is 1. The van der Waals surface area contributed by atoms with E-state index in [9.17, 15) is 9.59 Å². The third-order valence-electron chi connectivity index (χ3n) is 3.95. The summed E-state index contributed by atoms with van der Waals surface area (Å²) in [6, 6.07) is 12.5. The normalized spacial score (nSPS) is 10.7. The molecule has 0 aliphatic carbocycles. The average molecular weight is 357 g/mol. The van der Waals surface area contributed by atoms with Crippen molar-refractivity contribution < 1.29 is 4.74 Å². The fourth-order valence-electron chi connectivity index (χ4n) is 2.40. The lowest BCUT2D eigenvalue weighted by Gasteiger charge is -2.11. The van der Waals surface area contributed by atoms with Crippen molar-refractivity contribution in [3.63, 3.8) is 0 Å². The van der Waals surface area contributed by atoms with E-state index >= 15 is 0 Å². The van der Waals surface area contributed by atoms with Gasteiger partial charge in [-0.1, -0.05) is 23.7 Å². The summed E-state index contributed by atoms with van der Waals surface area (Å²) in [5.41, 5.74) is 2.28. The fourth-order valence-corrected chi connectivity index (χ4v) is 2.64. The van der Waals surface area contributed by atoms with Gasteiger partial charge in [0, 0.05) is 12.3 Å². The van der Waals surface area contributed by atoms with Gasteiger partial charge in [0.2, 0.25) is 0 Å². The lowest BCUT2D eigenvalue weighted by molar-refractivity contribution is 0.482. The van der Waals surface area contributed by atoms with E-state index in [1.54, 1.807) is 12.1 Å². The predicted molar refractivity (Wildman–Crippen MR) is 97.9 cm³/mol. The highest BCUT2D eigenvalue weighted by molar-refractivity contribution is 6.32. The molecule has 128 valence electrons. The number of hydrogen-bond acceptors (Lipinski definition) is 3. The van der Waals surface area contributed by atoms with E-state index < -0.39 is 11.2 Å². The maximum atomic E-state index is 11.7. The lowest BCUT2D eigenvalue weighted by Crippen LogP contribution is -2.28. The van der Waals surface area contributed by atoms with Crippen LogP contribution in [0.2, 0.25) is 5.02 Å². The van der Waals surface area contributed by atoms with Crippen LogP contribution in [0.4, 0.5) is 0 Å². The molecule has 3 rings (SSSR count). The second-order valence-corrected chi connectivity index (χ2v) is 6.26. The van der Waals surface area contributed by atoms with Crippen LogP contribution >= 0.6 is 11.6 Å². The Morgan fingerprint density at radius 2 is 1.84 bits per heavy atom. The zero-order chi connectivity index (χ0) is 18.0. The van der Waals surface area contributed by atoms with Crippen molar-refractivity contribution >= 4 is 11.6 Å². The van der Waals surface area contributed by atoms with Crippen molar-refractivity contribution in [3.05, 3.63) is 91.2 Å². The fraction of sp³-hybridized carbons (Fsp3) is 0.158. The molecule has 0 saturated carbocycles. The highest BCUT2D eigenvalue weighted by atomic mass is 35.5. The summed E-state index contributed by atoms with van der Waals surface area (Å²) in [6.07, 6.45) is 1.45. The Morgan fingerprint density at radius 3 is 2.52 bits per heavy atom. The Kier molecular flexibility index (Phi) is 4.76. The largest absolute Gasteiger partial charge is 0.456 e. The molecule has 0 radical (unpaired) electrons. The monoisotopic (exact) mass is 356 g/mol. The van der Waals surface area contributed by atoms with Gasteiger partial charge in [-0.3, -0.25) is 14.3 Å². The summed E-state index contributed by atoms with van der Waals surface area (Å²) in [5.74, 6) is 1.26. The molecular weight excluding hydrogens is 340 g/mol. The third-order valence-corrected chi connectivity index (χ3v) is 4.25. The molecule has 0 unspecified atom stereocenters. The standard InChI is InChI=1S/C19H17ClN2O3/c1-12-3-5-15(9-13(12)2)25-17-6-4-14(10-16(17)20)11-22-8-7-18(23)21-19(22)24/h3-10H,11H2,1-2H3,(H,21,23,24). The van der Waals surface area contributed by atoms with Crippen LogP contribution in [-0.4, -0.2) is 9.55 Å². The van der Waals surface area contributed by atoms with E-state index in [4.69, 9.17) is 16.3 Å². The molecule has 25 heavy (non-hydrogen) atoms. The molecule has 0 bridgehead atoms. The first-order chi connectivity index (χ1) is 11.9. The van der Waals surface area contributed by atoms with Crippen LogP contribution in [0.1, 0.15) is 16.7 Å². The van der Waals surface area contributed by atoms with Gasteiger partial charge in [0.15, 0.2) is 0 Å². The number of halogens is 1. The first-order valence-corrected chi connectivity index (χ1v) is 8.13. The van der Waals surface area contributed by atoms with E-state index in [1.165, 1.54) is 22.4 Å². The number of ether oxygens (including phenoxy) is 1. The number of aromatic amines is 1. The predicted octanol–water partition coefficient (Wildman–Crippen LogP) is 3.65. The Hall–Kier alpha value is -2.79. The molecule has 0 aliphatic rings. The average Bonchev–Trinajstić information content (AvgIpc) is 2.56.